The molecule has 14 nitrogen and oxygen atoms in total. The molecule has 9 rings (SSSR count). The number of aliphatic hydroxyl groups is 1. The third-order valence-electron chi connectivity index (χ3n) is 13.2. The van der Waals surface area contributed by atoms with Crippen LogP contribution in [0.15, 0.2) is 30.3 Å². The van der Waals surface area contributed by atoms with Gasteiger partial charge < -0.3 is 39.4 Å². The summed E-state index contributed by atoms with van der Waals surface area (Å²) >= 11 is 0. The smallest absolute Gasteiger partial charge is 0.327 e. The second-order valence-corrected chi connectivity index (χ2v) is 18.6. The lowest BCUT2D eigenvalue weighted by atomic mass is 9.62. The summed E-state index contributed by atoms with van der Waals surface area (Å²) < 4.78 is 31.1. The minimum Gasteiger partial charge on any atom is -0.460 e. The third kappa shape index (κ3) is 7.66. The Labute approximate surface area is 333 Å². The molecule has 0 aromatic heterocycles. The number of hydrogen-bond donors (Lipinski definition) is 3. The molecule has 3 unspecified atom stereocenters. The Bertz CT molecular complexity index is 1760. The average molecular weight is 792 g/mol. The standard InChI is InChI=1S/C43H57N3O11/c1-41(2,3)54-34(49)17-15-29(23-47)45-33(48)18-19-44-40(51)42-21-32-35-36(56-43(55-35,27-11-12-27)28-13-14-28)38(42)57-46(37(42)39(50)53-32)22-26-7-5-4-6-25(26)10-8-24-9-16-30-31(20-24)52-30/h4-8,10,24,27-32,35-38,47H,9,11-23H2,1-3H3,(H,44,51)(H,45,48)/t24?,29-,30?,31?,32+,35-,36-,37-,38+,42-/m0/s1. The molecule has 10 atom stereocenters. The van der Waals surface area contributed by atoms with Crippen molar-refractivity contribution >= 4 is 29.8 Å². The van der Waals surface area contributed by atoms with Crippen LogP contribution >= 0.6 is 0 Å². The van der Waals surface area contributed by atoms with Gasteiger partial charge in [0, 0.05) is 37.6 Å². The fourth-order valence-electron chi connectivity index (χ4n) is 10.2. The monoisotopic (exact) mass is 791 g/mol. The molecule has 3 N–H and O–H groups in total. The van der Waals surface area contributed by atoms with Crippen molar-refractivity contribution in [2.24, 2.45) is 23.2 Å². The first-order chi connectivity index (χ1) is 27.4. The molecule has 8 aliphatic rings. The average Bonchev–Trinajstić information content (AvgIpc) is 4.07. The molecule has 2 bridgehead atoms. The number of epoxide rings is 1. The maximum atomic E-state index is 14.7. The van der Waals surface area contributed by atoms with E-state index in [4.69, 9.17) is 28.5 Å². The van der Waals surface area contributed by atoms with Crippen molar-refractivity contribution in [1.29, 1.82) is 0 Å². The third-order valence-corrected chi connectivity index (χ3v) is 13.2. The van der Waals surface area contributed by atoms with Crippen LogP contribution in [0.25, 0.3) is 6.08 Å². The van der Waals surface area contributed by atoms with Gasteiger partial charge in [0.15, 0.2) is 11.8 Å². The van der Waals surface area contributed by atoms with Crippen molar-refractivity contribution in [1.82, 2.24) is 15.7 Å². The van der Waals surface area contributed by atoms with E-state index in [0.29, 0.717) is 18.1 Å². The zero-order valence-corrected chi connectivity index (χ0v) is 33.2. The number of hydroxylamine groups is 2. The summed E-state index contributed by atoms with van der Waals surface area (Å²) in [7, 11) is 0. The molecule has 2 amide bonds. The van der Waals surface area contributed by atoms with Gasteiger partial charge in [-0.1, -0.05) is 36.4 Å². The molecule has 4 saturated carbocycles. The molecule has 8 fully saturated rings. The Kier molecular flexibility index (Phi) is 10.3. The van der Waals surface area contributed by atoms with Gasteiger partial charge in [-0.25, -0.2) is 0 Å². The van der Waals surface area contributed by atoms with Gasteiger partial charge in [-0.3, -0.25) is 24.0 Å². The number of nitrogens with one attached hydrogen (secondary N) is 2. The fraction of sp³-hybridized carbons (Fsp3) is 0.721. The maximum absolute atomic E-state index is 14.7. The number of allylic oxidation sites excluding steroid dienone is 1. The van der Waals surface area contributed by atoms with Gasteiger partial charge in [-0.2, -0.15) is 5.06 Å². The van der Waals surface area contributed by atoms with Gasteiger partial charge in [0.2, 0.25) is 11.8 Å². The molecule has 1 aromatic rings. The number of benzene rings is 1. The summed E-state index contributed by atoms with van der Waals surface area (Å²) in [5, 5.41) is 17.3. The van der Waals surface area contributed by atoms with Crippen molar-refractivity contribution in [2.75, 3.05) is 13.2 Å². The second kappa shape index (κ2) is 15.0. The summed E-state index contributed by atoms with van der Waals surface area (Å²) in [6.07, 6.45) is 10.1. The van der Waals surface area contributed by atoms with E-state index in [-0.39, 0.29) is 57.2 Å². The first-order valence-corrected chi connectivity index (χ1v) is 21.2. The summed E-state index contributed by atoms with van der Waals surface area (Å²) in [5.41, 5.74) is -0.0437. The molecule has 4 aliphatic carbocycles. The summed E-state index contributed by atoms with van der Waals surface area (Å²) in [4.78, 5) is 61.0. The minimum absolute atomic E-state index is 0.0171. The highest BCUT2D eigenvalue weighted by Crippen LogP contribution is 2.63. The van der Waals surface area contributed by atoms with E-state index in [1.54, 1.807) is 25.8 Å². The lowest BCUT2D eigenvalue weighted by molar-refractivity contribution is -0.235. The molecule has 14 heteroatoms. The van der Waals surface area contributed by atoms with Crippen LogP contribution in [0.3, 0.4) is 0 Å². The fourth-order valence-corrected chi connectivity index (χ4v) is 10.2. The molecule has 0 radical (unpaired) electrons. The zero-order chi connectivity index (χ0) is 39.7. The Balaban J connectivity index is 0.924. The molecular weight excluding hydrogens is 734 g/mol. The highest BCUT2D eigenvalue weighted by molar-refractivity contribution is 5.94. The van der Waals surface area contributed by atoms with E-state index in [1.165, 1.54) is 0 Å². The number of aliphatic hydroxyl groups excluding tert-OH is 1. The van der Waals surface area contributed by atoms with Crippen molar-refractivity contribution in [3.8, 4) is 0 Å². The van der Waals surface area contributed by atoms with Crippen molar-refractivity contribution in [3.63, 3.8) is 0 Å². The lowest BCUT2D eigenvalue weighted by Gasteiger charge is -2.48. The summed E-state index contributed by atoms with van der Waals surface area (Å²) in [5.74, 6) is -1.56. The molecule has 4 saturated heterocycles. The van der Waals surface area contributed by atoms with Gasteiger partial charge in [-0.15, -0.1) is 0 Å². The van der Waals surface area contributed by atoms with Gasteiger partial charge >= 0.3 is 11.9 Å². The van der Waals surface area contributed by atoms with E-state index in [9.17, 15) is 24.3 Å². The quantitative estimate of drug-likeness (QED) is 0.175. The number of nitrogens with zero attached hydrogens (tertiary/aromatic N) is 1. The Hall–Kier alpha value is -3.40. The number of fused-ring (bicyclic) bond motifs is 5. The number of hydrogen-bond acceptors (Lipinski definition) is 12. The number of carbonyl (C=O) groups excluding carboxylic acids is 4. The van der Waals surface area contributed by atoms with Crippen LogP contribution in [0.1, 0.15) is 103 Å². The SMILES string of the molecule is CC(C)(C)OC(=O)CC[C@@H](CO)NC(=O)CCNC(=O)[C@@]12C[C@H]3OC(=O)[C@@H]1N(Cc1ccccc1C=CC1CCC4OC4C1)O[C@@H]2[C@H]1OC(C2CC2)(C2CC2)O[C@H]13. The largest absolute Gasteiger partial charge is 0.460 e. The number of rotatable bonds is 15. The van der Waals surface area contributed by atoms with Crippen LogP contribution in [0.5, 0.6) is 0 Å². The number of ether oxygens (including phenoxy) is 5. The molecule has 57 heavy (non-hydrogen) atoms. The maximum Gasteiger partial charge on any atom is 0.327 e. The molecule has 0 spiro atoms. The molecule has 4 heterocycles. The Morgan fingerprint density at radius 2 is 1.75 bits per heavy atom. The van der Waals surface area contributed by atoms with Crippen LogP contribution in [0.4, 0.5) is 0 Å². The van der Waals surface area contributed by atoms with Crippen LogP contribution in [0.2, 0.25) is 0 Å². The predicted octanol–water partition coefficient (Wildman–Crippen LogP) is 3.47. The van der Waals surface area contributed by atoms with Crippen molar-refractivity contribution < 1.29 is 52.8 Å². The van der Waals surface area contributed by atoms with E-state index < -0.39 is 77.1 Å². The lowest BCUT2D eigenvalue weighted by Crippen LogP contribution is -2.69. The van der Waals surface area contributed by atoms with Gasteiger partial charge in [0.25, 0.3) is 0 Å². The van der Waals surface area contributed by atoms with Gasteiger partial charge in [0.1, 0.15) is 35.4 Å². The van der Waals surface area contributed by atoms with Crippen molar-refractivity contribution in [2.45, 2.75) is 158 Å². The minimum atomic E-state index is -1.36. The van der Waals surface area contributed by atoms with E-state index in [2.05, 4.69) is 28.9 Å². The molecular formula is C43H57N3O11. The van der Waals surface area contributed by atoms with Crippen LogP contribution in [-0.4, -0.2) is 107 Å². The zero-order valence-electron chi connectivity index (χ0n) is 33.2. The van der Waals surface area contributed by atoms with Gasteiger partial charge in [-0.05, 0) is 89.2 Å². The van der Waals surface area contributed by atoms with Crippen LogP contribution in [-0.2, 0) is 54.2 Å². The Morgan fingerprint density at radius 3 is 2.47 bits per heavy atom. The van der Waals surface area contributed by atoms with E-state index in [1.807, 2.05) is 18.2 Å². The Morgan fingerprint density at radius 1 is 1.00 bits per heavy atom. The second-order valence-electron chi connectivity index (χ2n) is 18.6. The highest BCUT2D eigenvalue weighted by atomic mass is 16.8. The highest BCUT2D eigenvalue weighted by Gasteiger charge is 2.78. The number of amides is 2. The van der Waals surface area contributed by atoms with E-state index in [0.717, 1.165) is 56.1 Å². The summed E-state index contributed by atoms with van der Waals surface area (Å²) in [6, 6.07) is 6.32. The van der Waals surface area contributed by atoms with Crippen molar-refractivity contribution in [3.05, 3.63) is 41.5 Å². The molecule has 1 aromatic carbocycles. The van der Waals surface area contributed by atoms with Crippen LogP contribution < -0.4 is 10.6 Å². The normalized spacial score (nSPS) is 35.5. The summed E-state index contributed by atoms with van der Waals surface area (Å²) in [6.45, 7) is 5.19. The van der Waals surface area contributed by atoms with E-state index >= 15 is 0 Å². The van der Waals surface area contributed by atoms with Crippen LogP contribution in [0, 0.1) is 23.2 Å². The van der Waals surface area contributed by atoms with Gasteiger partial charge in [0.05, 0.1) is 31.4 Å². The first-order valence-electron chi connectivity index (χ1n) is 21.2. The topological polar surface area (TPSA) is 174 Å². The number of carbonyl (C=O) groups is 4. The predicted molar refractivity (Wildman–Crippen MR) is 202 cm³/mol. The first kappa shape index (κ1) is 39.1. The number of esters is 2. The molecule has 310 valence electrons. The molecule has 4 aliphatic heterocycles.